The SMILES string of the molecule is CC(C)(C)NC(N)=NCc1ncn(Cc2cccc(F)c2)n1.I. The number of rotatable bonds is 4. The number of aliphatic imine (C=N–C) groups is 1. The largest absolute Gasteiger partial charge is 0.370 e. The van der Waals surface area contributed by atoms with Crippen LogP contribution in [0.1, 0.15) is 32.2 Å². The molecule has 1 aromatic heterocycles. The molecule has 8 heteroatoms. The van der Waals surface area contributed by atoms with Gasteiger partial charge < -0.3 is 11.1 Å². The van der Waals surface area contributed by atoms with Gasteiger partial charge in [-0.2, -0.15) is 5.10 Å². The molecule has 3 N–H and O–H groups in total. The Morgan fingerprint density at radius 1 is 1.39 bits per heavy atom. The molecule has 6 nitrogen and oxygen atoms in total. The maximum Gasteiger partial charge on any atom is 0.189 e. The molecule has 2 rings (SSSR count). The Bertz CT molecular complexity index is 662. The van der Waals surface area contributed by atoms with E-state index in [4.69, 9.17) is 5.73 Å². The molecule has 0 aliphatic heterocycles. The topological polar surface area (TPSA) is 81.1 Å². The van der Waals surface area contributed by atoms with Crippen LogP contribution in [0.25, 0.3) is 0 Å². The van der Waals surface area contributed by atoms with Gasteiger partial charge >= 0.3 is 0 Å². The number of hydrogen-bond acceptors (Lipinski definition) is 3. The van der Waals surface area contributed by atoms with E-state index >= 15 is 0 Å². The van der Waals surface area contributed by atoms with Gasteiger partial charge in [0, 0.05) is 5.54 Å². The van der Waals surface area contributed by atoms with Gasteiger partial charge in [0.15, 0.2) is 11.8 Å². The molecule has 0 radical (unpaired) electrons. The summed E-state index contributed by atoms with van der Waals surface area (Å²) >= 11 is 0. The lowest BCUT2D eigenvalue weighted by atomic mass is 10.1. The summed E-state index contributed by atoms with van der Waals surface area (Å²) < 4.78 is 14.8. The molecule has 0 aliphatic rings. The van der Waals surface area contributed by atoms with Crippen molar-refractivity contribution < 1.29 is 4.39 Å². The number of nitrogens with one attached hydrogen (secondary N) is 1. The molecule has 0 amide bonds. The molecule has 2 aromatic rings. The van der Waals surface area contributed by atoms with E-state index < -0.39 is 0 Å². The number of aromatic nitrogens is 3. The van der Waals surface area contributed by atoms with Crippen LogP contribution in [0, 0.1) is 5.82 Å². The molecule has 126 valence electrons. The van der Waals surface area contributed by atoms with Crippen LogP contribution in [-0.2, 0) is 13.1 Å². The second-order valence-corrected chi connectivity index (χ2v) is 6.06. The Hall–Kier alpha value is -1.71. The molecule has 0 saturated carbocycles. The molecular weight excluding hydrogens is 410 g/mol. The van der Waals surface area contributed by atoms with Gasteiger partial charge in [-0.3, -0.25) is 0 Å². The summed E-state index contributed by atoms with van der Waals surface area (Å²) in [6.45, 7) is 6.76. The molecule has 1 aromatic carbocycles. The Kier molecular flexibility index (Phi) is 6.92. The molecule has 0 unspecified atom stereocenters. The van der Waals surface area contributed by atoms with Crippen molar-refractivity contribution in [3.8, 4) is 0 Å². The highest BCUT2D eigenvalue weighted by Gasteiger charge is 2.10. The summed E-state index contributed by atoms with van der Waals surface area (Å²) in [5.41, 5.74) is 6.48. The summed E-state index contributed by atoms with van der Waals surface area (Å²) in [5.74, 6) is 0.660. The summed E-state index contributed by atoms with van der Waals surface area (Å²) in [4.78, 5) is 8.37. The third-order valence-corrected chi connectivity index (χ3v) is 2.71. The summed E-state index contributed by atoms with van der Waals surface area (Å²) in [5, 5.41) is 7.36. The molecule has 23 heavy (non-hydrogen) atoms. The first-order valence-corrected chi connectivity index (χ1v) is 7.03. The number of halogens is 2. The number of guanidine groups is 1. The first kappa shape index (κ1) is 19.3. The quantitative estimate of drug-likeness (QED) is 0.442. The Morgan fingerprint density at radius 3 is 2.78 bits per heavy atom. The monoisotopic (exact) mass is 432 g/mol. The minimum atomic E-state index is -0.261. The predicted molar refractivity (Wildman–Crippen MR) is 99.2 cm³/mol. The van der Waals surface area contributed by atoms with Crippen molar-refractivity contribution in [2.75, 3.05) is 0 Å². The number of benzene rings is 1. The van der Waals surface area contributed by atoms with Crippen LogP contribution < -0.4 is 11.1 Å². The third-order valence-electron chi connectivity index (χ3n) is 2.71. The van der Waals surface area contributed by atoms with Crippen LogP contribution in [0.2, 0.25) is 0 Å². The lowest BCUT2D eigenvalue weighted by Gasteiger charge is -2.20. The summed E-state index contributed by atoms with van der Waals surface area (Å²) in [6.07, 6.45) is 1.60. The molecule has 1 heterocycles. The molecule has 0 saturated heterocycles. The fourth-order valence-corrected chi connectivity index (χ4v) is 1.88. The van der Waals surface area contributed by atoms with Gasteiger partial charge in [0.05, 0.1) is 6.54 Å². The summed E-state index contributed by atoms with van der Waals surface area (Å²) in [6, 6.07) is 6.40. The Morgan fingerprint density at radius 2 is 2.13 bits per heavy atom. The van der Waals surface area contributed by atoms with Gasteiger partial charge in [-0.1, -0.05) is 12.1 Å². The zero-order valence-corrected chi connectivity index (χ0v) is 15.8. The maximum absolute atomic E-state index is 13.1. The van der Waals surface area contributed by atoms with E-state index in [1.165, 1.54) is 12.1 Å². The van der Waals surface area contributed by atoms with Gasteiger partial charge in [-0.05, 0) is 38.5 Å². The average Bonchev–Trinajstić information content (AvgIpc) is 2.82. The van der Waals surface area contributed by atoms with Gasteiger partial charge in [-0.15, -0.1) is 24.0 Å². The van der Waals surface area contributed by atoms with E-state index in [1.807, 2.05) is 26.8 Å². The van der Waals surface area contributed by atoms with Crippen LogP contribution in [0.3, 0.4) is 0 Å². The number of nitrogens with two attached hydrogens (primary N) is 1. The minimum Gasteiger partial charge on any atom is -0.370 e. The smallest absolute Gasteiger partial charge is 0.189 e. The van der Waals surface area contributed by atoms with Gasteiger partial charge in [0.1, 0.15) is 18.7 Å². The first-order valence-electron chi connectivity index (χ1n) is 7.03. The van der Waals surface area contributed by atoms with E-state index in [2.05, 4.69) is 20.4 Å². The van der Waals surface area contributed by atoms with Crippen molar-refractivity contribution in [1.82, 2.24) is 20.1 Å². The standard InChI is InChI=1S/C15H21FN6.HI/c1-15(2,3)20-14(17)18-8-13-19-10-22(21-13)9-11-5-4-6-12(16)7-11;/h4-7,10H,8-9H2,1-3H3,(H3,17,18,20);1H. The van der Waals surface area contributed by atoms with Crippen molar-refractivity contribution in [2.45, 2.75) is 39.4 Å². The second kappa shape index (κ2) is 8.23. The predicted octanol–water partition coefficient (Wildman–Crippen LogP) is 2.29. The van der Waals surface area contributed by atoms with E-state index in [-0.39, 0.29) is 35.3 Å². The fourth-order valence-electron chi connectivity index (χ4n) is 1.88. The lowest BCUT2D eigenvalue weighted by molar-refractivity contribution is 0.508. The molecule has 0 bridgehead atoms. The first-order chi connectivity index (χ1) is 10.3. The van der Waals surface area contributed by atoms with Gasteiger partial charge in [0.2, 0.25) is 0 Å². The highest BCUT2D eigenvalue weighted by molar-refractivity contribution is 14.0. The third kappa shape index (κ3) is 6.93. The second-order valence-electron chi connectivity index (χ2n) is 6.06. The zero-order chi connectivity index (χ0) is 16.2. The van der Waals surface area contributed by atoms with Crippen molar-refractivity contribution in [2.24, 2.45) is 10.7 Å². The van der Waals surface area contributed by atoms with Crippen molar-refractivity contribution in [1.29, 1.82) is 0 Å². The van der Waals surface area contributed by atoms with Gasteiger partial charge in [-0.25, -0.2) is 19.0 Å². The Balaban J connectivity index is 0.00000264. The fraction of sp³-hybridized carbons (Fsp3) is 0.400. The summed E-state index contributed by atoms with van der Waals surface area (Å²) in [7, 11) is 0. The van der Waals surface area contributed by atoms with Crippen LogP contribution in [0.15, 0.2) is 35.6 Å². The van der Waals surface area contributed by atoms with Crippen LogP contribution >= 0.6 is 24.0 Å². The maximum atomic E-state index is 13.1. The molecule has 0 fully saturated rings. The molecule has 0 atom stereocenters. The highest BCUT2D eigenvalue weighted by Crippen LogP contribution is 2.05. The normalized spacial score (nSPS) is 11.9. The molecule has 0 spiro atoms. The van der Waals surface area contributed by atoms with E-state index in [1.54, 1.807) is 17.1 Å². The van der Waals surface area contributed by atoms with E-state index in [0.717, 1.165) is 5.56 Å². The van der Waals surface area contributed by atoms with Crippen LogP contribution in [0.4, 0.5) is 4.39 Å². The van der Waals surface area contributed by atoms with E-state index in [9.17, 15) is 4.39 Å². The highest BCUT2D eigenvalue weighted by atomic mass is 127. The van der Waals surface area contributed by atoms with E-state index in [0.29, 0.717) is 24.9 Å². The lowest BCUT2D eigenvalue weighted by Crippen LogP contribution is -2.45. The number of hydrogen-bond donors (Lipinski definition) is 2. The zero-order valence-electron chi connectivity index (χ0n) is 13.5. The molecular formula is C15H22FIN6. The van der Waals surface area contributed by atoms with Crippen LogP contribution in [-0.4, -0.2) is 26.3 Å². The van der Waals surface area contributed by atoms with Crippen LogP contribution in [0.5, 0.6) is 0 Å². The minimum absolute atomic E-state index is 0. The average molecular weight is 432 g/mol. The number of nitrogens with zero attached hydrogens (tertiary/aromatic N) is 4. The van der Waals surface area contributed by atoms with Crippen molar-refractivity contribution in [3.63, 3.8) is 0 Å². The Labute approximate surface area is 152 Å². The van der Waals surface area contributed by atoms with Crippen molar-refractivity contribution in [3.05, 3.63) is 47.8 Å². The van der Waals surface area contributed by atoms with Crippen molar-refractivity contribution >= 4 is 29.9 Å². The van der Waals surface area contributed by atoms with Gasteiger partial charge in [0.25, 0.3) is 0 Å². The molecule has 0 aliphatic carbocycles.